The van der Waals surface area contributed by atoms with E-state index in [1.165, 1.54) is 6.42 Å². The molecule has 1 fully saturated rings. The van der Waals surface area contributed by atoms with Crippen LogP contribution in [0.1, 0.15) is 24.8 Å². The van der Waals surface area contributed by atoms with Crippen LogP contribution in [-0.4, -0.2) is 20.3 Å². The summed E-state index contributed by atoms with van der Waals surface area (Å²) in [6.45, 7) is 1.18. The maximum atomic E-state index is 6.36. The molecule has 4 nitrogen and oxygen atoms in total. The average molecular weight is 235 g/mol. The number of hydrogen-bond acceptors (Lipinski definition) is 4. The van der Waals surface area contributed by atoms with Crippen LogP contribution in [0.15, 0.2) is 12.1 Å². The van der Waals surface area contributed by atoms with Crippen LogP contribution < -0.4 is 19.9 Å². The molecule has 0 bridgehead atoms. The van der Waals surface area contributed by atoms with E-state index in [1.54, 1.807) is 7.11 Å². The molecule has 1 aliphatic carbocycles. The molecule has 1 aromatic carbocycles. The zero-order chi connectivity index (χ0) is 11.9. The number of methoxy groups -OCH3 is 1. The molecule has 0 aromatic heterocycles. The van der Waals surface area contributed by atoms with Gasteiger partial charge in [-0.3, -0.25) is 0 Å². The molecule has 2 N–H and O–H groups in total. The van der Waals surface area contributed by atoms with Crippen molar-refractivity contribution in [1.29, 1.82) is 0 Å². The Kier molecular flexibility index (Phi) is 2.40. The van der Waals surface area contributed by atoms with Gasteiger partial charge in [0.15, 0.2) is 11.5 Å². The molecule has 1 saturated carbocycles. The highest BCUT2D eigenvalue weighted by atomic mass is 16.6. The summed E-state index contributed by atoms with van der Waals surface area (Å²) in [6.07, 6.45) is 3.18. The van der Waals surface area contributed by atoms with Crippen LogP contribution in [0.25, 0.3) is 0 Å². The highest BCUT2D eigenvalue weighted by Crippen LogP contribution is 2.47. The molecule has 2 aliphatic rings. The minimum Gasteiger partial charge on any atom is -0.496 e. The SMILES string of the molecule is COc1cc2c(cc1C1(N)CCC1)OCCO2. The first-order chi connectivity index (χ1) is 8.23. The van der Waals surface area contributed by atoms with Gasteiger partial charge in [0.25, 0.3) is 0 Å². The van der Waals surface area contributed by atoms with Crippen molar-refractivity contribution >= 4 is 0 Å². The maximum absolute atomic E-state index is 6.36. The van der Waals surface area contributed by atoms with E-state index >= 15 is 0 Å². The lowest BCUT2D eigenvalue weighted by Gasteiger charge is -2.39. The van der Waals surface area contributed by atoms with Crippen molar-refractivity contribution in [2.75, 3.05) is 20.3 Å². The molecule has 92 valence electrons. The van der Waals surface area contributed by atoms with E-state index in [0.29, 0.717) is 13.2 Å². The zero-order valence-electron chi connectivity index (χ0n) is 9.99. The van der Waals surface area contributed by atoms with Crippen molar-refractivity contribution in [3.63, 3.8) is 0 Å². The van der Waals surface area contributed by atoms with Gasteiger partial charge in [0, 0.05) is 17.2 Å². The first-order valence-electron chi connectivity index (χ1n) is 6.00. The van der Waals surface area contributed by atoms with Gasteiger partial charge in [-0.2, -0.15) is 0 Å². The van der Waals surface area contributed by atoms with Gasteiger partial charge in [-0.05, 0) is 25.3 Å². The first kappa shape index (κ1) is 10.7. The van der Waals surface area contributed by atoms with E-state index in [1.807, 2.05) is 12.1 Å². The summed E-state index contributed by atoms with van der Waals surface area (Å²) in [5, 5.41) is 0. The third kappa shape index (κ3) is 1.63. The van der Waals surface area contributed by atoms with Gasteiger partial charge in [0.05, 0.1) is 7.11 Å². The summed E-state index contributed by atoms with van der Waals surface area (Å²) in [6, 6.07) is 3.86. The number of hydrogen-bond donors (Lipinski definition) is 1. The van der Waals surface area contributed by atoms with E-state index in [0.717, 1.165) is 35.7 Å². The van der Waals surface area contributed by atoms with E-state index in [4.69, 9.17) is 19.9 Å². The summed E-state index contributed by atoms with van der Waals surface area (Å²) in [5.41, 5.74) is 7.15. The molecule has 1 aromatic rings. The van der Waals surface area contributed by atoms with Crippen LogP contribution in [0, 0.1) is 0 Å². The van der Waals surface area contributed by atoms with E-state index in [9.17, 15) is 0 Å². The largest absolute Gasteiger partial charge is 0.496 e. The normalized spacial score (nSPS) is 20.6. The van der Waals surface area contributed by atoms with Gasteiger partial charge < -0.3 is 19.9 Å². The monoisotopic (exact) mass is 235 g/mol. The molecule has 0 radical (unpaired) electrons. The Labute approximate surface area is 101 Å². The van der Waals surface area contributed by atoms with Gasteiger partial charge in [-0.1, -0.05) is 0 Å². The van der Waals surface area contributed by atoms with E-state index in [-0.39, 0.29) is 5.54 Å². The fourth-order valence-corrected chi connectivity index (χ4v) is 2.46. The Hall–Kier alpha value is -1.42. The second-order valence-corrected chi connectivity index (χ2v) is 4.71. The fraction of sp³-hybridized carbons (Fsp3) is 0.538. The van der Waals surface area contributed by atoms with Gasteiger partial charge in [-0.25, -0.2) is 0 Å². The molecular weight excluding hydrogens is 218 g/mol. The number of ether oxygens (including phenoxy) is 3. The highest BCUT2D eigenvalue weighted by molar-refractivity contribution is 5.54. The van der Waals surface area contributed by atoms with Crippen molar-refractivity contribution in [1.82, 2.24) is 0 Å². The molecule has 0 saturated heterocycles. The lowest BCUT2D eigenvalue weighted by atomic mass is 9.72. The van der Waals surface area contributed by atoms with Crippen LogP contribution in [0.4, 0.5) is 0 Å². The molecule has 0 amide bonds. The molecule has 1 aliphatic heterocycles. The Morgan fingerprint density at radius 2 is 1.82 bits per heavy atom. The third-order valence-corrected chi connectivity index (χ3v) is 3.65. The topological polar surface area (TPSA) is 53.7 Å². The molecule has 4 heteroatoms. The van der Waals surface area contributed by atoms with Crippen LogP contribution in [0.2, 0.25) is 0 Å². The Morgan fingerprint density at radius 3 is 2.35 bits per heavy atom. The third-order valence-electron chi connectivity index (χ3n) is 3.65. The maximum Gasteiger partial charge on any atom is 0.165 e. The Balaban J connectivity index is 2.07. The zero-order valence-corrected chi connectivity index (χ0v) is 9.99. The second-order valence-electron chi connectivity index (χ2n) is 4.71. The number of rotatable bonds is 2. The molecule has 0 atom stereocenters. The summed E-state index contributed by atoms with van der Waals surface area (Å²) >= 11 is 0. The standard InChI is InChI=1S/C13H17NO3/c1-15-10-8-12-11(16-5-6-17-12)7-9(10)13(14)3-2-4-13/h7-8H,2-6,14H2,1H3. The summed E-state index contributed by atoms with van der Waals surface area (Å²) in [5.74, 6) is 2.33. The van der Waals surface area contributed by atoms with Crippen molar-refractivity contribution < 1.29 is 14.2 Å². The quantitative estimate of drug-likeness (QED) is 0.849. The number of benzene rings is 1. The smallest absolute Gasteiger partial charge is 0.165 e. The van der Waals surface area contributed by atoms with E-state index < -0.39 is 0 Å². The minimum absolute atomic E-state index is 0.249. The molecule has 0 spiro atoms. The summed E-state index contributed by atoms with van der Waals surface area (Å²) in [7, 11) is 1.66. The average Bonchev–Trinajstić information content (AvgIpc) is 2.34. The van der Waals surface area contributed by atoms with Crippen molar-refractivity contribution in [2.45, 2.75) is 24.8 Å². The van der Waals surface area contributed by atoms with Crippen LogP contribution in [0.5, 0.6) is 17.2 Å². The molecule has 0 unspecified atom stereocenters. The lowest BCUT2D eigenvalue weighted by Crippen LogP contribution is -2.43. The van der Waals surface area contributed by atoms with Crippen molar-refractivity contribution in [2.24, 2.45) is 5.73 Å². The molecule has 17 heavy (non-hydrogen) atoms. The molecule has 1 heterocycles. The fourth-order valence-electron chi connectivity index (χ4n) is 2.46. The van der Waals surface area contributed by atoms with Crippen molar-refractivity contribution in [3.8, 4) is 17.2 Å². The number of fused-ring (bicyclic) bond motifs is 1. The summed E-state index contributed by atoms with van der Waals surface area (Å²) < 4.78 is 16.5. The van der Waals surface area contributed by atoms with Gasteiger partial charge >= 0.3 is 0 Å². The van der Waals surface area contributed by atoms with Gasteiger partial charge in [0.2, 0.25) is 0 Å². The molecule has 3 rings (SSSR count). The predicted molar refractivity (Wildman–Crippen MR) is 63.7 cm³/mol. The van der Waals surface area contributed by atoms with Crippen LogP contribution in [0.3, 0.4) is 0 Å². The Bertz CT molecular complexity index is 441. The van der Waals surface area contributed by atoms with Crippen LogP contribution >= 0.6 is 0 Å². The minimum atomic E-state index is -0.249. The summed E-state index contributed by atoms with van der Waals surface area (Å²) in [4.78, 5) is 0. The van der Waals surface area contributed by atoms with E-state index in [2.05, 4.69) is 0 Å². The molecular formula is C13H17NO3. The van der Waals surface area contributed by atoms with Crippen molar-refractivity contribution in [3.05, 3.63) is 17.7 Å². The first-order valence-corrected chi connectivity index (χ1v) is 6.00. The lowest BCUT2D eigenvalue weighted by molar-refractivity contribution is 0.168. The van der Waals surface area contributed by atoms with Crippen LogP contribution in [-0.2, 0) is 5.54 Å². The van der Waals surface area contributed by atoms with Gasteiger partial charge in [0.1, 0.15) is 19.0 Å². The van der Waals surface area contributed by atoms with Gasteiger partial charge in [-0.15, -0.1) is 0 Å². The highest BCUT2D eigenvalue weighted by Gasteiger charge is 2.38. The predicted octanol–water partition coefficient (Wildman–Crippen LogP) is 1.80. The number of nitrogens with two attached hydrogens (primary N) is 1. The second kappa shape index (κ2) is 3.81. The Morgan fingerprint density at radius 1 is 1.18 bits per heavy atom.